The monoisotopic (exact) mass is 375 g/mol. The largest absolute Gasteiger partial charge is 0.507 e. The van der Waals surface area contributed by atoms with E-state index in [1.165, 1.54) is 7.11 Å². The fourth-order valence-corrected chi connectivity index (χ4v) is 3.86. The molecule has 0 aromatic heterocycles. The summed E-state index contributed by atoms with van der Waals surface area (Å²) in [5, 5.41) is 22.2. The molecule has 1 aliphatic heterocycles. The maximum atomic E-state index is 11.1. The van der Waals surface area contributed by atoms with Crippen LogP contribution in [0.5, 0.6) is 11.5 Å². The summed E-state index contributed by atoms with van der Waals surface area (Å²) < 4.78 is 10.3. The van der Waals surface area contributed by atoms with Gasteiger partial charge in [-0.05, 0) is 47.7 Å². The van der Waals surface area contributed by atoms with Crippen LogP contribution in [-0.2, 0) is 4.74 Å². The smallest absolute Gasteiger partial charge is 0.504 e. The minimum absolute atomic E-state index is 0.0641. The molecule has 0 fully saturated rings. The van der Waals surface area contributed by atoms with E-state index in [4.69, 9.17) is 14.6 Å². The van der Waals surface area contributed by atoms with E-state index in [9.17, 15) is 9.90 Å². The Hall–Kier alpha value is -2.54. The highest BCUT2D eigenvalue weighted by atomic mass is 32.2. The molecule has 138 valence electrons. The van der Waals surface area contributed by atoms with Gasteiger partial charge in [0.1, 0.15) is 0 Å². The molecule has 0 bridgehead atoms. The minimum Gasteiger partial charge on any atom is -0.504 e. The highest BCUT2D eigenvalue weighted by molar-refractivity contribution is 7.98. The number of hydrogen-bond acceptors (Lipinski definition) is 6. The van der Waals surface area contributed by atoms with Crippen LogP contribution in [0.15, 0.2) is 41.3 Å². The summed E-state index contributed by atoms with van der Waals surface area (Å²) in [4.78, 5) is 12.2. The molecule has 7 heteroatoms. The molecule has 1 heterocycles. The van der Waals surface area contributed by atoms with E-state index in [2.05, 4.69) is 11.4 Å². The number of rotatable bonds is 4. The number of nitrogens with one attached hydrogen (secondary N) is 1. The topological polar surface area (TPSA) is 88.0 Å². The van der Waals surface area contributed by atoms with Gasteiger partial charge in [-0.15, -0.1) is 11.8 Å². The average Bonchev–Trinajstić information content (AvgIpc) is 2.62. The predicted molar refractivity (Wildman–Crippen MR) is 100 cm³/mol. The van der Waals surface area contributed by atoms with E-state index in [-0.39, 0.29) is 17.6 Å². The third kappa shape index (κ3) is 3.39. The van der Waals surface area contributed by atoms with Crippen molar-refractivity contribution in [3.05, 3.63) is 47.5 Å². The highest BCUT2D eigenvalue weighted by Gasteiger charge is 2.37. The lowest BCUT2D eigenvalue weighted by Gasteiger charge is -2.38. The fraction of sp³-hybridized carbons (Fsp3) is 0.316. The normalized spacial score (nSPS) is 21.4. The summed E-state index contributed by atoms with van der Waals surface area (Å²) in [5.74, 6) is 0.169. The molecule has 3 N–H and O–H groups in total. The minimum atomic E-state index is -1.32. The van der Waals surface area contributed by atoms with Crippen LogP contribution in [0.1, 0.15) is 24.0 Å². The Morgan fingerprint density at radius 2 is 2.00 bits per heavy atom. The maximum absolute atomic E-state index is 11.1. The van der Waals surface area contributed by atoms with E-state index >= 15 is 0 Å². The first-order valence-corrected chi connectivity index (χ1v) is 9.38. The zero-order valence-corrected chi connectivity index (χ0v) is 15.5. The fourth-order valence-electron chi connectivity index (χ4n) is 3.42. The van der Waals surface area contributed by atoms with Gasteiger partial charge in [0.2, 0.25) is 0 Å². The summed E-state index contributed by atoms with van der Waals surface area (Å²) >= 11 is 1.64. The number of phenols is 1. The van der Waals surface area contributed by atoms with Crippen LogP contribution in [-0.4, -0.2) is 36.0 Å². The number of thioether (sulfide) groups is 1. The Balaban J connectivity index is 2.12. The quantitative estimate of drug-likeness (QED) is 0.541. The van der Waals surface area contributed by atoms with Crippen molar-refractivity contribution in [3.63, 3.8) is 0 Å². The molecule has 0 radical (unpaired) electrons. The summed E-state index contributed by atoms with van der Waals surface area (Å²) in [5.41, 5.74) is 2.82. The van der Waals surface area contributed by atoms with Crippen LogP contribution in [0.2, 0.25) is 0 Å². The Morgan fingerprint density at radius 1 is 1.23 bits per heavy atom. The van der Waals surface area contributed by atoms with Gasteiger partial charge in [0.05, 0.1) is 7.11 Å². The number of methoxy groups -OCH3 is 1. The highest BCUT2D eigenvalue weighted by Crippen LogP contribution is 2.45. The van der Waals surface area contributed by atoms with Gasteiger partial charge < -0.3 is 25.0 Å². The molecule has 26 heavy (non-hydrogen) atoms. The molecule has 3 atom stereocenters. The van der Waals surface area contributed by atoms with Gasteiger partial charge >= 0.3 is 6.16 Å². The summed E-state index contributed by atoms with van der Waals surface area (Å²) in [6.45, 7) is 1.94. The summed E-state index contributed by atoms with van der Waals surface area (Å²) in [7, 11) is 1.50. The standard InChI is InChI=1S/C19H21NO5S/c1-10-17(11-4-7-15(21)16(8-11)24-2)13-9-12(26-3)5-6-14(13)20-18(10)25-19(22)23/h4-10,17-18,20-21H,1-3H3,(H,22,23). The molecule has 3 rings (SSSR count). The Morgan fingerprint density at radius 3 is 2.65 bits per heavy atom. The van der Waals surface area contributed by atoms with Gasteiger partial charge in [0.25, 0.3) is 0 Å². The molecule has 0 aliphatic carbocycles. The Bertz CT molecular complexity index is 826. The van der Waals surface area contributed by atoms with Crippen molar-refractivity contribution in [2.75, 3.05) is 18.7 Å². The molecule has 3 unspecified atom stereocenters. The first-order chi connectivity index (χ1) is 12.4. The van der Waals surface area contributed by atoms with Crippen molar-refractivity contribution in [1.82, 2.24) is 0 Å². The number of aromatic hydroxyl groups is 1. The molecular weight excluding hydrogens is 354 g/mol. The predicted octanol–water partition coefficient (Wildman–Crippen LogP) is 4.34. The van der Waals surface area contributed by atoms with Gasteiger partial charge in [-0.3, -0.25) is 0 Å². The number of anilines is 1. The lowest BCUT2D eigenvalue weighted by atomic mass is 9.77. The van der Waals surface area contributed by atoms with Crippen LogP contribution in [0, 0.1) is 5.92 Å². The second-order valence-corrected chi connectivity index (χ2v) is 7.05. The van der Waals surface area contributed by atoms with E-state index in [1.54, 1.807) is 23.9 Å². The third-order valence-electron chi connectivity index (χ3n) is 4.69. The van der Waals surface area contributed by atoms with E-state index in [0.717, 1.165) is 21.7 Å². The van der Waals surface area contributed by atoms with Crippen LogP contribution in [0.3, 0.4) is 0 Å². The number of benzene rings is 2. The first-order valence-electron chi connectivity index (χ1n) is 8.15. The van der Waals surface area contributed by atoms with Gasteiger partial charge in [0.15, 0.2) is 17.7 Å². The lowest BCUT2D eigenvalue weighted by Crippen LogP contribution is -2.40. The van der Waals surface area contributed by atoms with Crippen molar-refractivity contribution in [1.29, 1.82) is 0 Å². The summed E-state index contributed by atoms with van der Waals surface area (Å²) in [6, 6.07) is 11.2. The molecule has 0 spiro atoms. The third-order valence-corrected chi connectivity index (χ3v) is 5.41. The molecule has 2 aromatic rings. The SMILES string of the molecule is COc1cc(C2c3cc(SC)ccc3NC(OC(=O)O)C2C)ccc1O. The average molecular weight is 375 g/mol. The van der Waals surface area contributed by atoms with E-state index in [1.807, 2.05) is 31.4 Å². The number of fused-ring (bicyclic) bond motifs is 1. The van der Waals surface area contributed by atoms with Gasteiger partial charge in [-0.25, -0.2) is 4.79 Å². The van der Waals surface area contributed by atoms with Gasteiger partial charge in [0, 0.05) is 22.4 Å². The van der Waals surface area contributed by atoms with Crippen molar-refractivity contribution >= 4 is 23.6 Å². The number of phenolic OH excluding ortho intramolecular Hbond substituents is 1. The zero-order valence-electron chi connectivity index (χ0n) is 14.7. The Kier molecular flexibility index (Phi) is 5.18. The van der Waals surface area contributed by atoms with Crippen LogP contribution < -0.4 is 10.1 Å². The molecule has 0 saturated carbocycles. The second kappa shape index (κ2) is 7.37. The van der Waals surface area contributed by atoms with Gasteiger partial charge in [-0.2, -0.15) is 0 Å². The lowest BCUT2D eigenvalue weighted by molar-refractivity contribution is 0.0355. The van der Waals surface area contributed by atoms with E-state index in [0.29, 0.717) is 5.75 Å². The Labute approximate surface area is 156 Å². The van der Waals surface area contributed by atoms with Crippen LogP contribution in [0.4, 0.5) is 10.5 Å². The number of carbonyl (C=O) groups is 1. The van der Waals surface area contributed by atoms with Crippen molar-refractivity contribution in [2.24, 2.45) is 5.92 Å². The molecular formula is C19H21NO5S. The van der Waals surface area contributed by atoms with Crippen molar-refractivity contribution in [3.8, 4) is 11.5 Å². The molecule has 0 amide bonds. The zero-order chi connectivity index (χ0) is 18.8. The van der Waals surface area contributed by atoms with Gasteiger partial charge in [-0.1, -0.05) is 13.0 Å². The van der Waals surface area contributed by atoms with Crippen molar-refractivity contribution < 1.29 is 24.5 Å². The molecule has 2 aromatic carbocycles. The van der Waals surface area contributed by atoms with Crippen LogP contribution >= 0.6 is 11.8 Å². The number of carboxylic acid groups (broad SMARTS) is 1. The summed E-state index contributed by atoms with van der Waals surface area (Å²) in [6.07, 6.45) is 0.0154. The van der Waals surface area contributed by atoms with Crippen molar-refractivity contribution in [2.45, 2.75) is 24.0 Å². The molecule has 6 nitrogen and oxygen atoms in total. The number of ether oxygens (including phenoxy) is 2. The number of hydrogen-bond donors (Lipinski definition) is 3. The van der Waals surface area contributed by atoms with Crippen LogP contribution in [0.25, 0.3) is 0 Å². The first kappa shape index (κ1) is 18.3. The second-order valence-electron chi connectivity index (χ2n) is 6.17. The molecule has 1 aliphatic rings. The molecule has 0 saturated heterocycles. The maximum Gasteiger partial charge on any atom is 0.507 e. The van der Waals surface area contributed by atoms with E-state index < -0.39 is 12.4 Å².